The number of amides is 1. The van der Waals surface area contributed by atoms with Crippen molar-refractivity contribution in [2.45, 2.75) is 29.0 Å². The van der Waals surface area contributed by atoms with Crippen LogP contribution in [0.5, 0.6) is 0 Å². The topological polar surface area (TPSA) is 29.1 Å². The average Bonchev–Trinajstić information content (AvgIpc) is 3.31. The van der Waals surface area contributed by atoms with Crippen molar-refractivity contribution in [1.82, 2.24) is 5.32 Å². The molecule has 0 radical (unpaired) electrons. The lowest BCUT2D eigenvalue weighted by Crippen LogP contribution is -2.29. The van der Waals surface area contributed by atoms with E-state index in [-0.39, 0.29) is 17.0 Å². The van der Waals surface area contributed by atoms with Crippen molar-refractivity contribution in [1.29, 1.82) is 0 Å². The Kier molecular flexibility index (Phi) is 4.25. The molecule has 0 spiro atoms. The minimum absolute atomic E-state index is 0.0259. The number of thioether (sulfide) groups is 1. The van der Waals surface area contributed by atoms with Gasteiger partial charge in [-0.05, 0) is 42.7 Å². The molecule has 1 aliphatic carbocycles. The molecule has 108 valence electrons. The fraction of sp³-hybridized carbons (Fsp3) is 0.235. The van der Waals surface area contributed by atoms with E-state index in [0.717, 1.165) is 23.3 Å². The molecule has 0 bridgehead atoms. The predicted molar refractivity (Wildman–Crippen MR) is 82.6 cm³/mol. The molecule has 3 rings (SSSR count). The summed E-state index contributed by atoms with van der Waals surface area (Å²) in [6.07, 6.45) is 2.13. The molecule has 2 aromatic carbocycles. The van der Waals surface area contributed by atoms with Gasteiger partial charge in [0.15, 0.2) is 0 Å². The molecule has 0 unspecified atom stereocenters. The standard InChI is InChI=1S/C17H16FNOS/c18-13-6-10-15(11-7-13)21-16(12-4-2-1-3-5-12)17(20)19-14-8-9-14/h1-7,10-11,14,16H,8-9H2,(H,19,20)/t16-/m0/s1. The number of nitrogens with one attached hydrogen (secondary N) is 1. The minimum Gasteiger partial charge on any atom is -0.352 e. The van der Waals surface area contributed by atoms with Crippen LogP contribution in [-0.2, 0) is 4.79 Å². The summed E-state index contributed by atoms with van der Waals surface area (Å²) in [6.45, 7) is 0. The van der Waals surface area contributed by atoms with Gasteiger partial charge in [-0.25, -0.2) is 4.39 Å². The number of benzene rings is 2. The second kappa shape index (κ2) is 6.31. The second-order valence-electron chi connectivity index (χ2n) is 5.15. The molecular weight excluding hydrogens is 285 g/mol. The van der Waals surface area contributed by atoms with Crippen molar-refractivity contribution in [3.63, 3.8) is 0 Å². The number of carbonyl (C=O) groups is 1. The van der Waals surface area contributed by atoms with E-state index in [2.05, 4.69) is 5.32 Å². The van der Waals surface area contributed by atoms with E-state index in [4.69, 9.17) is 0 Å². The third-order valence-electron chi connectivity index (χ3n) is 3.33. The van der Waals surface area contributed by atoms with Gasteiger partial charge in [0.05, 0.1) is 0 Å². The van der Waals surface area contributed by atoms with Crippen LogP contribution in [0, 0.1) is 5.82 Å². The summed E-state index contributed by atoms with van der Waals surface area (Å²) in [7, 11) is 0. The summed E-state index contributed by atoms with van der Waals surface area (Å²) in [5, 5.41) is 2.74. The molecule has 1 N–H and O–H groups in total. The number of rotatable bonds is 5. The van der Waals surface area contributed by atoms with Crippen molar-refractivity contribution >= 4 is 17.7 Å². The second-order valence-corrected chi connectivity index (χ2v) is 6.32. The first-order valence-corrected chi connectivity index (χ1v) is 7.88. The molecule has 2 nitrogen and oxygen atoms in total. The summed E-state index contributed by atoms with van der Waals surface area (Å²) < 4.78 is 13.0. The van der Waals surface area contributed by atoms with Crippen LogP contribution in [-0.4, -0.2) is 11.9 Å². The van der Waals surface area contributed by atoms with Crippen LogP contribution < -0.4 is 5.32 Å². The van der Waals surface area contributed by atoms with Crippen LogP contribution in [0.1, 0.15) is 23.7 Å². The molecule has 0 heterocycles. The van der Waals surface area contributed by atoms with Crippen LogP contribution in [0.3, 0.4) is 0 Å². The van der Waals surface area contributed by atoms with Gasteiger partial charge in [-0.15, -0.1) is 11.8 Å². The SMILES string of the molecule is O=C(NC1CC1)[C@@H](Sc1ccc(F)cc1)c1ccccc1. The Balaban J connectivity index is 1.80. The smallest absolute Gasteiger partial charge is 0.238 e. The van der Waals surface area contributed by atoms with Gasteiger partial charge >= 0.3 is 0 Å². The molecule has 4 heteroatoms. The maximum Gasteiger partial charge on any atom is 0.238 e. The van der Waals surface area contributed by atoms with Gasteiger partial charge in [-0.2, -0.15) is 0 Å². The van der Waals surface area contributed by atoms with Crippen molar-refractivity contribution < 1.29 is 9.18 Å². The quantitative estimate of drug-likeness (QED) is 0.848. The maximum atomic E-state index is 13.0. The summed E-state index contributed by atoms with van der Waals surface area (Å²) >= 11 is 1.45. The van der Waals surface area contributed by atoms with Crippen molar-refractivity contribution in [2.24, 2.45) is 0 Å². The fourth-order valence-corrected chi connectivity index (χ4v) is 3.09. The molecule has 0 saturated heterocycles. The van der Waals surface area contributed by atoms with E-state index in [0.29, 0.717) is 6.04 Å². The van der Waals surface area contributed by atoms with Gasteiger partial charge in [-0.1, -0.05) is 30.3 Å². The molecule has 1 fully saturated rings. The molecular formula is C17H16FNOS. The minimum atomic E-state index is -0.308. The third-order valence-corrected chi connectivity index (χ3v) is 4.60. The monoisotopic (exact) mass is 301 g/mol. The van der Waals surface area contributed by atoms with Crippen LogP contribution in [0.15, 0.2) is 59.5 Å². The van der Waals surface area contributed by atoms with Gasteiger partial charge in [0, 0.05) is 10.9 Å². The summed E-state index contributed by atoms with van der Waals surface area (Å²) in [5.41, 5.74) is 0.963. The first kappa shape index (κ1) is 14.1. The van der Waals surface area contributed by atoms with E-state index < -0.39 is 0 Å². The number of carbonyl (C=O) groups excluding carboxylic acids is 1. The lowest BCUT2D eigenvalue weighted by atomic mass is 10.1. The lowest BCUT2D eigenvalue weighted by molar-refractivity contribution is -0.120. The first-order chi connectivity index (χ1) is 10.2. The highest BCUT2D eigenvalue weighted by Crippen LogP contribution is 2.36. The Bertz CT molecular complexity index is 610. The van der Waals surface area contributed by atoms with E-state index in [1.165, 1.54) is 23.9 Å². The molecule has 1 amide bonds. The molecule has 1 aliphatic rings. The Labute approximate surface area is 127 Å². The largest absolute Gasteiger partial charge is 0.352 e. The number of hydrogen-bond donors (Lipinski definition) is 1. The molecule has 2 aromatic rings. The van der Waals surface area contributed by atoms with Gasteiger partial charge < -0.3 is 5.32 Å². The van der Waals surface area contributed by atoms with Crippen LogP contribution in [0.2, 0.25) is 0 Å². The molecule has 1 atom stereocenters. The zero-order chi connectivity index (χ0) is 14.7. The van der Waals surface area contributed by atoms with Crippen molar-refractivity contribution in [3.05, 3.63) is 66.0 Å². The predicted octanol–water partition coefficient (Wildman–Crippen LogP) is 3.94. The zero-order valence-corrected chi connectivity index (χ0v) is 12.3. The Morgan fingerprint density at radius 1 is 1.10 bits per heavy atom. The van der Waals surface area contributed by atoms with Crippen molar-refractivity contribution in [2.75, 3.05) is 0 Å². The van der Waals surface area contributed by atoms with Crippen LogP contribution in [0.25, 0.3) is 0 Å². The van der Waals surface area contributed by atoms with Gasteiger partial charge in [-0.3, -0.25) is 4.79 Å². The highest BCUT2D eigenvalue weighted by Gasteiger charge is 2.28. The number of hydrogen-bond acceptors (Lipinski definition) is 2. The van der Waals surface area contributed by atoms with Crippen LogP contribution in [0.4, 0.5) is 4.39 Å². The van der Waals surface area contributed by atoms with E-state index in [1.54, 1.807) is 12.1 Å². The molecule has 0 aliphatic heterocycles. The fourth-order valence-electron chi connectivity index (χ4n) is 2.05. The lowest BCUT2D eigenvalue weighted by Gasteiger charge is -2.17. The van der Waals surface area contributed by atoms with E-state index in [9.17, 15) is 9.18 Å². The molecule has 21 heavy (non-hydrogen) atoms. The molecule has 0 aromatic heterocycles. The van der Waals surface area contributed by atoms with Gasteiger partial charge in [0.25, 0.3) is 0 Å². The normalized spacial score (nSPS) is 15.5. The average molecular weight is 301 g/mol. The van der Waals surface area contributed by atoms with Gasteiger partial charge in [0.1, 0.15) is 11.1 Å². The summed E-state index contributed by atoms with van der Waals surface area (Å²) in [6, 6.07) is 16.3. The summed E-state index contributed by atoms with van der Waals surface area (Å²) in [4.78, 5) is 13.3. The molecule has 1 saturated carbocycles. The highest BCUT2D eigenvalue weighted by atomic mass is 32.2. The Morgan fingerprint density at radius 2 is 1.76 bits per heavy atom. The number of halogens is 1. The Morgan fingerprint density at radius 3 is 2.38 bits per heavy atom. The summed E-state index contributed by atoms with van der Waals surface area (Å²) in [5.74, 6) is -0.240. The zero-order valence-electron chi connectivity index (χ0n) is 11.5. The Hall–Kier alpha value is -1.81. The van der Waals surface area contributed by atoms with Crippen molar-refractivity contribution in [3.8, 4) is 0 Å². The maximum absolute atomic E-state index is 13.0. The van der Waals surface area contributed by atoms with Crippen LogP contribution >= 0.6 is 11.8 Å². The van der Waals surface area contributed by atoms with Gasteiger partial charge in [0.2, 0.25) is 5.91 Å². The van der Waals surface area contributed by atoms with E-state index in [1.807, 2.05) is 30.3 Å². The first-order valence-electron chi connectivity index (χ1n) is 7.00. The third kappa shape index (κ3) is 3.85. The van der Waals surface area contributed by atoms with E-state index >= 15 is 0 Å². The highest BCUT2D eigenvalue weighted by molar-refractivity contribution is 8.00.